The summed E-state index contributed by atoms with van der Waals surface area (Å²) in [4.78, 5) is 26.7. The fourth-order valence-corrected chi connectivity index (χ4v) is 1.56. The summed E-state index contributed by atoms with van der Waals surface area (Å²) in [6.45, 7) is 1.67. The Morgan fingerprint density at radius 3 is 2.89 bits per heavy atom. The number of hydrogen-bond donors (Lipinski definition) is 2. The van der Waals surface area contributed by atoms with Gasteiger partial charge in [0.15, 0.2) is 0 Å². The Labute approximate surface area is 102 Å². The number of anilines is 1. The van der Waals surface area contributed by atoms with E-state index in [4.69, 9.17) is 0 Å². The summed E-state index contributed by atoms with van der Waals surface area (Å²) in [5, 5.41) is 6.23. The van der Waals surface area contributed by atoms with E-state index in [0.29, 0.717) is 5.71 Å². The van der Waals surface area contributed by atoms with Gasteiger partial charge in [-0.2, -0.15) is 5.10 Å². The molecule has 2 amide bonds. The zero-order chi connectivity index (χ0) is 13.1. The Kier molecular flexibility index (Phi) is 3.31. The second kappa shape index (κ2) is 4.91. The van der Waals surface area contributed by atoms with Gasteiger partial charge in [0.05, 0.1) is 12.1 Å². The van der Waals surface area contributed by atoms with E-state index >= 15 is 0 Å². The number of aromatic nitrogens is 1. The topological polar surface area (TPSA) is 83.5 Å². The number of amides is 2. The lowest BCUT2D eigenvalue weighted by Crippen LogP contribution is -2.27. The molecule has 1 aliphatic rings. The van der Waals surface area contributed by atoms with E-state index in [1.54, 1.807) is 6.92 Å². The van der Waals surface area contributed by atoms with E-state index in [1.807, 2.05) is 0 Å². The van der Waals surface area contributed by atoms with Crippen molar-refractivity contribution in [3.05, 3.63) is 24.1 Å². The van der Waals surface area contributed by atoms with Crippen LogP contribution in [0.5, 0.6) is 0 Å². The van der Waals surface area contributed by atoms with E-state index in [2.05, 4.69) is 20.8 Å². The number of nitrogens with zero attached hydrogens (tertiary/aromatic N) is 2. The molecule has 0 aromatic carbocycles. The third-order valence-corrected chi connectivity index (χ3v) is 2.55. The Balaban J connectivity index is 1.95. The first-order valence-corrected chi connectivity index (χ1v) is 5.31. The quantitative estimate of drug-likeness (QED) is 0.827. The van der Waals surface area contributed by atoms with Crippen LogP contribution in [0.25, 0.3) is 0 Å². The summed E-state index contributed by atoms with van der Waals surface area (Å²) in [7, 11) is 0. The zero-order valence-electron chi connectivity index (χ0n) is 9.61. The highest BCUT2D eigenvalue weighted by atomic mass is 19.1. The summed E-state index contributed by atoms with van der Waals surface area (Å²) < 4.78 is 12.6. The predicted octanol–water partition coefficient (Wildman–Crippen LogP) is 0.671. The maximum absolute atomic E-state index is 12.6. The van der Waals surface area contributed by atoms with Gasteiger partial charge in [0.2, 0.25) is 11.8 Å². The predicted molar refractivity (Wildman–Crippen MR) is 62.2 cm³/mol. The number of rotatable bonds is 3. The number of halogens is 1. The standard InChI is InChI=1S/C11H11FN4O2/c1-6-8(11(18)16-15-6)4-10(17)14-9-3-2-7(12)5-13-9/h2-3,5,8H,4H2,1H3,(H,16,18)(H,13,14,17). The SMILES string of the molecule is CC1=NNC(=O)C1CC(=O)Nc1ccc(F)cn1. The minimum atomic E-state index is -0.551. The van der Waals surface area contributed by atoms with Crippen LogP contribution in [0.15, 0.2) is 23.4 Å². The molecule has 1 aromatic rings. The van der Waals surface area contributed by atoms with Gasteiger partial charge in [-0.05, 0) is 19.1 Å². The van der Waals surface area contributed by atoms with Gasteiger partial charge in [0, 0.05) is 12.1 Å². The van der Waals surface area contributed by atoms with Gasteiger partial charge in [-0.1, -0.05) is 0 Å². The highest BCUT2D eigenvalue weighted by molar-refractivity contribution is 6.10. The lowest BCUT2D eigenvalue weighted by Gasteiger charge is -2.08. The molecule has 1 aliphatic heterocycles. The first-order valence-electron chi connectivity index (χ1n) is 5.31. The van der Waals surface area contributed by atoms with Gasteiger partial charge in [0.1, 0.15) is 11.6 Å². The number of hydrazone groups is 1. The molecule has 7 heteroatoms. The van der Waals surface area contributed by atoms with Crippen molar-refractivity contribution in [1.82, 2.24) is 10.4 Å². The number of hydrogen-bond acceptors (Lipinski definition) is 4. The molecular weight excluding hydrogens is 239 g/mol. The van der Waals surface area contributed by atoms with E-state index in [-0.39, 0.29) is 24.1 Å². The van der Waals surface area contributed by atoms with Gasteiger partial charge in [-0.25, -0.2) is 14.8 Å². The van der Waals surface area contributed by atoms with Gasteiger partial charge < -0.3 is 5.32 Å². The van der Waals surface area contributed by atoms with Crippen molar-refractivity contribution in [2.45, 2.75) is 13.3 Å². The van der Waals surface area contributed by atoms with Crippen LogP contribution in [0.1, 0.15) is 13.3 Å². The average Bonchev–Trinajstić information content (AvgIpc) is 2.64. The van der Waals surface area contributed by atoms with Crippen LogP contribution in [-0.2, 0) is 9.59 Å². The summed E-state index contributed by atoms with van der Waals surface area (Å²) in [5.41, 5.74) is 2.87. The number of nitrogens with one attached hydrogen (secondary N) is 2. The van der Waals surface area contributed by atoms with Gasteiger partial charge >= 0.3 is 0 Å². The van der Waals surface area contributed by atoms with E-state index in [0.717, 1.165) is 6.20 Å². The molecule has 1 atom stereocenters. The second-order valence-electron chi connectivity index (χ2n) is 3.90. The Bertz CT molecular complexity index is 512. The molecule has 2 N–H and O–H groups in total. The molecule has 0 fully saturated rings. The molecule has 2 heterocycles. The molecule has 0 radical (unpaired) electrons. The van der Waals surface area contributed by atoms with Gasteiger partial charge in [-0.15, -0.1) is 0 Å². The summed E-state index contributed by atoms with van der Waals surface area (Å²) in [6, 6.07) is 2.54. The van der Waals surface area contributed by atoms with Crippen molar-refractivity contribution >= 4 is 23.3 Å². The fraction of sp³-hybridized carbons (Fsp3) is 0.273. The van der Waals surface area contributed by atoms with Crippen LogP contribution in [0, 0.1) is 11.7 Å². The van der Waals surface area contributed by atoms with Crippen molar-refractivity contribution in [2.75, 3.05) is 5.32 Å². The maximum Gasteiger partial charge on any atom is 0.249 e. The second-order valence-corrected chi connectivity index (χ2v) is 3.90. The monoisotopic (exact) mass is 250 g/mol. The lowest BCUT2D eigenvalue weighted by atomic mass is 10.0. The van der Waals surface area contributed by atoms with Crippen molar-refractivity contribution < 1.29 is 14.0 Å². The zero-order valence-corrected chi connectivity index (χ0v) is 9.61. The Hall–Kier alpha value is -2.31. The average molecular weight is 250 g/mol. The third kappa shape index (κ3) is 2.68. The van der Waals surface area contributed by atoms with Crippen molar-refractivity contribution in [3.63, 3.8) is 0 Å². The normalized spacial score (nSPS) is 18.2. The molecule has 1 unspecified atom stereocenters. The molecule has 1 aromatic heterocycles. The first-order chi connectivity index (χ1) is 8.56. The number of carbonyl (C=O) groups is 2. The van der Waals surface area contributed by atoms with Crippen molar-refractivity contribution in [2.24, 2.45) is 11.0 Å². The van der Waals surface area contributed by atoms with E-state index in [1.165, 1.54) is 12.1 Å². The Morgan fingerprint density at radius 1 is 1.56 bits per heavy atom. The maximum atomic E-state index is 12.6. The highest BCUT2D eigenvalue weighted by Crippen LogP contribution is 2.13. The summed E-state index contributed by atoms with van der Waals surface area (Å²) in [6.07, 6.45) is 0.991. The summed E-state index contributed by atoms with van der Waals surface area (Å²) in [5.74, 6) is -1.45. The first kappa shape index (κ1) is 12.2. The van der Waals surface area contributed by atoms with Gasteiger partial charge in [-0.3, -0.25) is 9.59 Å². The smallest absolute Gasteiger partial charge is 0.249 e. The Morgan fingerprint density at radius 2 is 2.33 bits per heavy atom. The molecule has 6 nitrogen and oxygen atoms in total. The number of pyridine rings is 1. The molecule has 94 valence electrons. The summed E-state index contributed by atoms with van der Waals surface area (Å²) >= 11 is 0. The molecule has 0 saturated heterocycles. The fourth-order valence-electron chi connectivity index (χ4n) is 1.56. The van der Waals surface area contributed by atoms with Crippen LogP contribution >= 0.6 is 0 Å². The number of carbonyl (C=O) groups excluding carboxylic acids is 2. The van der Waals surface area contributed by atoms with Crippen LogP contribution in [0.3, 0.4) is 0 Å². The molecule has 0 aliphatic carbocycles. The highest BCUT2D eigenvalue weighted by Gasteiger charge is 2.29. The van der Waals surface area contributed by atoms with Gasteiger partial charge in [0.25, 0.3) is 0 Å². The molecular formula is C11H11FN4O2. The molecule has 2 rings (SSSR count). The van der Waals surface area contributed by atoms with Crippen LogP contribution in [-0.4, -0.2) is 22.5 Å². The van der Waals surface area contributed by atoms with Crippen molar-refractivity contribution in [1.29, 1.82) is 0 Å². The molecule has 0 spiro atoms. The van der Waals surface area contributed by atoms with E-state index in [9.17, 15) is 14.0 Å². The third-order valence-electron chi connectivity index (χ3n) is 2.55. The van der Waals surface area contributed by atoms with Crippen molar-refractivity contribution in [3.8, 4) is 0 Å². The molecule has 0 saturated carbocycles. The van der Waals surface area contributed by atoms with Crippen LogP contribution in [0.2, 0.25) is 0 Å². The lowest BCUT2D eigenvalue weighted by molar-refractivity contribution is -0.125. The van der Waals surface area contributed by atoms with E-state index < -0.39 is 11.7 Å². The molecule has 0 bridgehead atoms. The minimum Gasteiger partial charge on any atom is -0.311 e. The van der Waals surface area contributed by atoms with Crippen LogP contribution in [0.4, 0.5) is 10.2 Å². The molecule has 18 heavy (non-hydrogen) atoms. The minimum absolute atomic E-state index is 0.0137. The van der Waals surface area contributed by atoms with Crippen LogP contribution < -0.4 is 10.7 Å². The largest absolute Gasteiger partial charge is 0.311 e.